The predicted molar refractivity (Wildman–Crippen MR) is 132 cm³/mol. The second-order valence-corrected chi connectivity index (χ2v) is 9.79. The van der Waals surface area contributed by atoms with E-state index in [0.717, 1.165) is 30.3 Å². The van der Waals surface area contributed by atoms with Crippen LogP contribution in [0.4, 0.5) is 23.0 Å². The van der Waals surface area contributed by atoms with Crippen LogP contribution in [0, 0.1) is 6.92 Å². The molecule has 174 valence electrons. The number of nitrogens with zero attached hydrogens (tertiary/aromatic N) is 5. The summed E-state index contributed by atoms with van der Waals surface area (Å²) in [4.78, 5) is 11.5. The number of hydrogen-bond donors (Lipinski definition) is 2. The fourth-order valence-corrected chi connectivity index (χ4v) is 4.97. The first-order chi connectivity index (χ1) is 16.5. The zero-order valence-corrected chi connectivity index (χ0v) is 19.5. The van der Waals surface area contributed by atoms with E-state index >= 15 is 0 Å². The Labute approximate surface area is 198 Å². The first-order valence-corrected chi connectivity index (χ1v) is 12.6. The molecule has 1 fully saturated rings. The molecule has 1 saturated heterocycles. The van der Waals surface area contributed by atoms with Crippen LogP contribution in [-0.2, 0) is 10.0 Å². The Morgan fingerprint density at radius 3 is 2.29 bits per heavy atom. The van der Waals surface area contributed by atoms with Gasteiger partial charge in [-0.3, -0.25) is 4.72 Å². The van der Waals surface area contributed by atoms with E-state index in [9.17, 15) is 8.42 Å². The van der Waals surface area contributed by atoms with Crippen LogP contribution in [0.15, 0.2) is 78.0 Å². The summed E-state index contributed by atoms with van der Waals surface area (Å²) in [6, 6.07) is 17.4. The van der Waals surface area contributed by atoms with Crippen LogP contribution in [0.5, 0.6) is 0 Å². The number of rotatable bonds is 7. The van der Waals surface area contributed by atoms with Crippen molar-refractivity contribution in [2.24, 2.45) is 0 Å². The maximum atomic E-state index is 12.8. The third-order valence-electron chi connectivity index (χ3n) is 5.58. The van der Waals surface area contributed by atoms with Gasteiger partial charge in [0.2, 0.25) is 0 Å². The van der Waals surface area contributed by atoms with Crippen LogP contribution < -0.4 is 14.9 Å². The van der Waals surface area contributed by atoms with E-state index < -0.39 is 10.0 Å². The monoisotopic (exact) mass is 475 g/mol. The van der Waals surface area contributed by atoms with Crippen molar-refractivity contribution in [3.8, 4) is 5.69 Å². The lowest BCUT2D eigenvalue weighted by atomic mass is 10.3. The number of sulfonamides is 1. The van der Waals surface area contributed by atoms with Gasteiger partial charge in [0, 0.05) is 42.9 Å². The number of aryl methyl sites for hydroxylation is 1. The Kier molecular flexibility index (Phi) is 5.89. The van der Waals surface area contributed by atoms with Gasteiger partial charge < -0.3 is 10.2 Å². The Hall–Kier alpha value is -3.92. The molecule has 0 radical (unpaired) electrons. The fraction of sp³-hybridized carbons (Fsp3) is 0.208. The molecule has 3 heterocycles. The summed E-state index contributed by atoms with van der Waals surface area (Å²) in [5.74, 6) is 2.34. The van der Waals surface area contributed by atoms with Crippen molar-refractivity contribution >= 4 is 33.0 Å². The minimum absolute atomic E-state index is 0.177. The lowest BCUT2D eigenvalue weighted by Crippen LogP contribution is -2.19. The van der Waals surface area contributed by atoms with Crippen LogP contribution in [0.1, 0.15) is 18.7 Å². The molecule has 9 nitrogen and oxygen atoms in total. The SMILES string of the molecule is Cc1nc(Nc2ccc(NS(=O)(=O)c3ccc(-n4cccn4)cc3)cc2)cc(N2CCCC2)n1. The van der Waals surface area contributed by atoms with Crippen molar-refractivity contribution in [2.75, 3.05) is 28.0 Å². The predicted octanol–water partition coefficient (Wildman–Crippen LogP) is 4.12. The molecule has 10 heteroatoms. The van der Waals surface area contributed by atoms with Crippen molar-refractivity contribution in [3.05, 3.63) is 78.9 Å². The average Bonchev–Trinajstić information content (AvgIpc) is 3.55. The molecule has 2 aromatic carbocycles. The van der Waals surface area contributed by atoms with Crippen molar-refractivity contribution in [3.63, 3.8) is 0 Å². The summed E-state index contributed by atoms with van der Waals surface area (Å²) in [5.41, 5.74) is 2.06. The molecule has 5 rings (SSSR count). The molecule has 2 N–H and O–H groups in total. The van der Waals surface area contributed by atoms with E-state index in [2.05, 4.69) is 30.0 Å². The summed E-state index contributed by atoms with van der Waals surface area (Å²) in [5, 5.41) is 7.44. The number of aromatic nitrogens is 4. The lowest BCUT2D eigenvalue weighted by molar-refractivity contribution is 0.601. The zero-order chi connectivity index (χ0) is 23.5. The highest BCUT2D eigenvalue weighted by atomic mass is 32.2. The molecule has 0 aliphatic carbocycles. The normalized spacial score (nSPS) is 13.7. The standard InChI is InChI=1S/C24H25N7O2S/c1-18-26-23(17-24(27-18)30-14-2-3-15-30)28-19-5-7-20(8-6-19)29-34(32,33)22-11-9-21(10-12-22)31-16-4-13-25-31/h4-13,16-17,29H,2-3,14-15H2,1H3,(H,26,27,28). The largest absolute Gasteiger partial charge is 0.356 e. The van der Waals surface area contributed by atoms with E-state index in [4.69, 9.17) is 0 Å². The molecular weight excluding hydrogens is 450 g/mol. The minimum atomic E-state index is -3.72. The molecule has 0 spiro atoms. The van der Waals surface area contributed by atoms with Crippen LogP contribution in [0.25, 0.3) is 5.69 Å². The highest BCUT2D eigenvalue weighted by molar-refractivity contribution is 7.92. The first kappa shape index (κ1) is 21.9. The molecular formula is C24H25N7O2S. The topological polar surface area (TPSA) is 105 Å². The number of anilines is 4. The van der Waals surface area contributed by atoms with E-state index in [0.29, 0.717) is 17.3 Å². The quantitative estimate of drug-likeness (QED) is 0.414. The van der Waals surface area contributed by atoms with Gasteiger partial charge >= 0.3 is 0 Å². The maximum absolute atomic E-state index is 12.8. The molecule has 0 saturated carbocycles. The first-order valence-electron chi connectivity index (χ1n) is 11.1. The number of hydrogen-bond acceptors (Lipinski definition) is 7. The Balaban J connectivity index is 1.27. The second kappa shape index (κ2) is 9.14. The second-order valence-electron chi connectivity index (χ2n) is 8.11. The van der Waals surface area contributed by atoms with Crippen molar-refractivity contribution in [2.45, 2.75) is 24.7 Å². The zero-order valence-electron chi connectivity index (χ0n) is 18.7. The highest BCUT2D eigenvalue weighted by Crippen LogP contribution is 2.24. The molecule has 0 atom stereocenters. The molecule has 2 aromatic heterocycles. The molecule has 1 aliphatic rings. The number of benzene rings is 2. The Morgan fingerprint density at radius 1 is 0.912 bits per heavy atom. The van der Waals surface area contributed by atoms with Crippen LogP contribution >= 0.6 is 0 Å². The minimum Gasteiger partial charge on any atom is -0.356 e. The van der Waals surface area contributed by atoms with Gasteiger partial charge in [0.05, 0.1) is 10.6 Å². The van der Waals surface area contributed by atoms with Gasteiger partial charge in [-0.2, -0.15) is 5.10 Å². The van der Waals surface area contributed by atoms with Crippen molar-refractivity contribution in [1.29, 1.82) is 0 Å². The van der Waals surface area contributed by atoms with E-state index in [1.54, 1.807) is 53.5 Å². The van der Waals surface area contributed by atoms with Gasteiger partial charge in [0.15, 0.2) is 0 Å². The van der Waals surface area contributed by atoms with Gasteiger partial charge in [0.25, 0.3) is 10.0 Å². The number of nitrogens with one attached hydrogen (secondary N) is 2. The summed E-state index contributed by atoms with van der Waals surface area (Å²) in [7, 11) is -3.72. The third kappa shape index (κ3) is 4.86. The molecule has 0 unspecified atom stereocenters. The summed E-state index contributed by atoms with van der Waals surface area (Å²) in [6.07, 6.45) is 5.83. The smallest absolute Gasteiger partial charge is 0.261 e. The molecule has 34 heavy (non-hydrogen) atoms. The van der Waals surface area contributed by atoms with Crippen LogP contribution in [-0.4, -0.2) is 41.3 Å². The van der Waals surface area contributed by atoms with Crippen molar-refractivity contribution < 1.29 is 8.42 Å². The summed E-state index contributed by atoms with van der Waals surface area (Å²) >= 11 is 0. The Bertz CT molecular complexity index is 1360. The van der Waals surface area contributed by atoms with Gasteiger partial charge in [0.1, 0.15) is 17.5 Å². The van der Waals surface area contributed by atoms with Crippen LogP contribution in [0.2, 0.25) is 0 Å². The molecule has 4 aromatic rings. The van der Waals surface area contributed by atoms with E-state index in [1.165, 1.54) is 12.8 Å². The average molecular weight is 476 g/mol. The van der Waals surface area contributed by atoms with Crippen LogP contribution in [0.3, 0.4) is 0 Å². The third-order valence-corrected chi connectivity index (χ3v) is 6.98. The van der Waals surface area contributed by atoms with Crippen molar-refractivity contribution in [1.82, 2.24) is 19.7 Å². The fourth-order valence-electron chi connectivity index (χ4n) is 3.91. The van der Waals surface area contributed by atoms with E-state index in [-0.39, 0.29) is 4.90 Å². The summed E-state index contributed by atoms with van der Waals surface area (Å²) in [6.45, 7) is 3.90. The summed E-state index contributed by atoms with van der Waals surface area (Å²) < 4.78 is 29.9. The van der Waals surface area contributed by atoms with E-state index in [1.807, 2.05) is 31.2 Å². The van der Waals surface area contributed by atoms with Gasteiger partial charge in [-0.25, -0.2) is 23.1 Å². The molecule has 1 aliphatic heterocycles. The van der Waals surface area contributed by atoms with Gasteiger partial charge in [-0.05, 0) is 74.4 Å². The molecule has 0 bridgehead atoms. The van der Waals surface area contributed by atoms with Gasteiger partial charge in [-0.15, -0.1) is 0 Å². The molecule has 0 amide bonds. The van der Waals surface area contributed by atoms with Gasteiger partial charge in [-0.1, -0.05) is 0 Å². The Morgan fingerprint density at radius 2 is 1.62 bits per heavy atom. The lowest BCUT2D eigenvalue weighted by Gasteiger charge is -2.18. The maximum Gasteiger partial charge on any atom is 0.261 e. The highest BCUT2D eigenvalue weighted by Gasteiger charge is 2.16.